The number of benzene rings is 2. The van der Waals surface area contributed by atoms with E-state index >= 15 is 0 Å². The fourth-order valence-electron chi connectivity index (χ4n) is 3.34. The maximum Gasteiger partial charge on any atom is 0.243 e. The van der Waals surface area contributed by atoms with Crippen molar-refractivity contribution in [3.63, 3.8) is 0 Å². The highest BCUT2D eigenvalue weighted by atomic mass is 32.2. The van der Waals surface area contributed by atoms with Gasteiger partial charge >= 0.3 is 0 Å². The molecule has 1 fully saturated rings. The van der Waals surface area contributed by atoms with Crippen LogP contribution in [-0.2, 0) is 21.4 Å². The number of piperazine rings is 1. The molecule has 1 aliphatic heterocycles. The summed E-state index contributed by atoms with van der Waals surface area (Å²) in [5, 5.41) is 0. The second-order valence-corrected chi connectivity index (χ2v) is 8.82. The van der Waals surface area contributed by atoms with Gasteiger partial charge in [-0.25, -0.2) is 8.42 Å². The van der Waals surface area contributed by atoms with E-state index in [2.05, 4.69) is 0 Å². The highest BCUT2D eigenvalue weighted by molar-refractivity contribution is 7.89. The number of hydrogen-bond donors (Lipinski definition) is 0. The first-order chi connectivity index (χ1) is 13.5. The summed E-state index contributed by atoms with van der Waals surface area (Å²) in [7, 11) is -3.46. The Kier molecular flexibility index (Phi) is 6.83. The lowest BCUT2D eigenvalue weighted by molar-refractivity contribution is -0.133. The van der Waals surface area contributed by atoms with E-state index in [4.69, 9.17) is 0 Å². The van der Waals surface area contributed by atoms with Crippen LogP contribution in [0, 0.1) is 0 Å². The largest absolute Gasteiger partial charge is 0.338 e. The van der Waals surface area contributed by atoms with E-state index in [1.807, 2.05) is 47.1 Å². The number of likely N-dealkylation sites (N-methyl/N-ethyl adjacent to an activating group) is 1. The number of carbonyl (C=O) groups is 1. The number of sulfonamides is 1. The minimum Gasteiger partial charge on any atom is -0.338 e. The SMILES string of the molecule is CCN(Cc1ccccc1)C(=O)CN1CCN(S(=O)(=O)c2ccccc2)CC1. The van der Waals surface area contributed by atoms with Crippen LogP contribution >= 0.6 is 0 Å². The number of hydrogen-bond acceptors (Lipinski definition) is 4. The molecule has 0 N–H and O–H groups in total. The first-order valence-electron chi connectivity index (χ1n) is 9.60. The third-order valence-corrected chi connectivity index (χ3v) is 6.93. The van der Waals surface area contributed by atoms with Gasteiger partial charge in [0.15, 0.2) is 0 Å². The standard InChI is InChI=1S/C21H27N3O3S/c1-2-23(17-19-9-5-3-6-10-19)21(25)18-22-13-15-24(16-14-22)28(26,27)20-11-7-4-8-12-20/h3-12H,2,13-18H2,1H3. The van der Waals surface area contributed by atoms with Crippen molar-refractivity contribution >= 4 is 15.9 Å². The van der Waals surface area contributed by atoms with Crippen molar-refractivity contribution < 1.29 is 13.2 Å². The molecule has 0 saturated carbocycles. The van der Waals surface area contributed by atoms with Gasteiger partial charge in [0, 0.05) is 39.3 Å². The highest BCUT2D eigenvalue weighted by Gasteiger charge is 2.29. The Morgan fingerprint density at radius 1 is 0.929 bits per heavy atom. The lowest BCUT2D eigenvalue weighted by Crippen LogP contribution is -2.51. The lowest BCUT2D eigenvalue weighted by atomic mass is 10.2. The lowest BCUT2D eigenvalue weighted by Gasteiger charge is -2.34. The summed E-state index contributed by atoms with van der Waals surface area (Å²) in [6.07, 6.45) is 0. The molecule has 6 nitrogen and oxygen atoms in total. The molecule has 0 bridgehead atoms. The second-order valence-electron chi connectivity index (χ2n) is 6.89. The topological polar surface area (TPSA) is 60.9 Å². The summed E-state index contributed by atoms with van der Waals surface area (Å²) in [6, 6.07) is 18.4. The van der Waals surface area contributed by atoms with Crippen LogP contribution in [0.1, 0.15) is 12.5 Å². The summed E-state index contributed by atoms with van der Waals surface area (Å²) in [4.78, 5) is 16.9. The molecule has 150 valence electrons. The molecular formula is C21H27N3O3S. The summed E-state index contributed by atoms with van der Waals surface area (Å²) >= 11 is 0. The maximum atomic E-state index is 12.7. The Balaban J connectivity index is 1.54. The predicted molar refractivity (Wildman–Crippen MR) is 109 cm³/mol. The van der Waals surface area contributed by atoms with Crippen molar-refractivity contribution in [1.29, 1.82) is 0 Å². The molecular weight excluding hydrogens is 374 g/mol. The molecule has 2 aromatic carbocycles. The van der Waals surface area contributed by atoms with Gasteiger partial charge in [-0.05, 0) is 24.6 Å². The predicted octanol–water partition coefficient (Wildman–Crippen LogP) is 2.04. The van der Waals surface area contributed by atoms with Gasteiger partial charge in [0.2, 0.25) is 15.9 Å². The van der Waals surface area contributed by atoms with Crippen molar-refractivity contribution in [2.75, 3.05) is 39.3 Å². The molecule has 0 atom stereocenters. The Morgan fingerprint density at radius 2 is 1.50 bits per heavy atom. The van der Waals surface area contributed by atoms with Crippen LogP contribution in [0.2, 0.25) is 0 Å². The quantitative estimate of drug-likeness (QED) is 0.712. The first-order valence-corrected chi connectivity index (χ1v) is 11.0. The Bertz CT molecular complexity index is 864. The fraction of sp³-hybridized carbons (Fsp3) is 0.381. The molecule has 1 saturated heterocycles. The van der Waals surface area contributed by atoms with Crippen LogP contribution in [0.5, 0.6) is 0 Å². The normalized spacial score (nSPS) is 16.0. The van der Waals surface area contributed by atoms with E-state index in [0.717, 1.165) is 5.56 Å². The van der Waals surface area contributed by atoms with Crippen molar-refractivity contribution in [3.05, 3.63) is 66.2 Å². The summed E-state index contributed by atoms with van der Waals surface area (Å²) < 4.78 is 26.9. The summed E-state index contributed by atoms with van der Waals surface area (Å²) in [5.74, 6) is 0.0747. The number of amides is 1. The zero-order chi connectivity index (χ0) is 20.0. The molecule has 1 amide bonds. The van der Waals surface area contributed by atoms with Crippen molar-refractivity contribution in [1.82, 2.24) is 14.1 Å². The minimum atomic E-state index is -3.46. The Hall–Kier alpha value is -2.22. The molecule has 1 heterocycles. The molecule has 0 radical (unpaired) electrons. The van der Waals surface area contributed by atoms with Crippen LogP contribution in [0.15, 0.2) is 65.6 Å². The van der Waals surface area contributed by atoms with Gasteiger partial charge in [-0.1, -0.05) is 48.5 Å². The van der Waals surface area contributed by atoms with Gasteiger partial charge in [0.25, 0.3) is 0 Å². The third-order valence-electron chi connectivity index (χ3n) is 5.02. The molecule has 0 spiro atoms. The molecule has 0 aliphatic carbocycles. The summed E-state index contributed by atoms with van der Waals surface area (Å²) in [5.41, 5.74) is 1.11. The van der Waals surface area contributed by atoms with E-state index in [0.29, 0.717) is 50.7 Å². The molecule has 3 rings (SSSR count). The summed E-state index contributed by atoms with van der Waals surface area (Å²) in [6.45, 7) is 5.45. The van der Waals surface area contributed by atoms with Gasteiger partial charge in [0.1, 0.15) is 0 Å². The number of carbonyl (C=O) groups excluding carboxylic acids is 1. The van der Waals surface area contributed by atoms with Crippen LogP contribution in [-0.4, -0.2) is 67.7 Å². The molecule has 0 unspecified atom stereocenters. The van der Waals surface area contributed by atoms with Gasteiger partial charge in [-0.2, -0.15) is 4.31 Å². The van der Waals surface area contributed by atoms with E-state index in [1.165, 1.54) is 4.31 Å². The van der Waals surface area contributed by atoms with Crippen molar-refractivity contribution in [3.8, 4) is 0 Å². The third kappa shape index (κ3) is 4.98. The average Bonchev–Trinajstić information content (AvgIpc) is 2.73. The maximum absolute atomic E-state index is 12.7. The van der Waals surface area contributed by atoms with Crippen LogP contribution < -0.4 is 0 Å². The van der Waals surface area contributed by atoms with Gasteiger partial charge in [-0.3, -0.25) is 9.69 Å². The van der Waals surface area contributed by atoms with E-state index in [1.54, 1.807) is 30.3 Å². The average molecular weight is 402 g/mol. The zero-order valence-electron chi connectivity index (χ0n) is 16.2. The van der Waals surface area contributed by atoms with Gasteiger partial charge in [0.05, 0.1) is 11.4 Å². The van der Waals surface area contributed by atoms with Crippen molar-refractivity contribution in [2.45, 2.75) is 18.4 Å². The van der Waals surface area contributed by atoms with Crippen LogP contribution in [0.4, 0.5) is 0 Å². The van der Waals surface area contributed by atoms with Crippen LogP contribution in [0.25, 0.3) is 0 Å². The van der Waals surface area contributed by atoms with E-state index in [-0.39, 0.29) is 5.91 Å². The number of rotatable bonds is 7. The number of nitrogens with zero attached hydrogens (tertiary/aromatic N) is 3. The van der Waals surface area contributed by atoms with Crippen LogP contribution in [0.3, 0.4) is 0 Å². The Morgan fingerprint density at radius 3 is 2.07 bits per heavy atom. The minimum absolute atomic E-state index is 0.0747. The fourth-order valence-corrected chi connectivity index (χ4v) is 4.78. The van der Waals surface area contributed by atoms with Gasteiger partial charge in [-0.15, -0.1) is 0 Å². The Labute approximate surface area is 167 Å². The zero-order valence-corrected chi connectivity index (χ0v) is 17.0. The molecule has 0 aromatic heterocycles. The first kappa shape index (κ1) is 20.5. The van der Waals surface area contributed by atoms with E-state index in [9.17, 15) is 13.2 Å². The molecule has 2 aromatic rings. The monoisotopic (exact) mass is 401 g/mol. The highest BCUT2D eigenvalue weighted by Crippen LogP contribution is 2.17. The van der Waals surface area contributed by atoms with Crippen molar-refractivity contribution in [2.24, 2.45) is 0 Å². The smallest absolute Gasteiger partial charge is 0.243 e. The molecule has 1 aliphatic rings. The molecule has 7 heteroatoms. The van der Waals surface area contributed by atoms with Gasteiger partial charge < -0.3 is 4.90 Å². The molecule has 28 heavy (non-hydrogen) atoms. The second kappa shape index (κ2) is 9.32. The van der Waals surface area contributed by atoms with E-state index < -0.39 is 10.0 Å².